The van der Waals surface area contributed by atoms with Crippen LogP contribution in [0.25, 0.3) is 6.08 Å². The van der Waals surface area contributed by atoms with E-state index in [4.69, 9.17) is 16.4 Å². The Morgan fingerprint density at radius 2 is 1.83 bits per heavy atom. The standard InChI is InChI=1S/C20H22ClNO2/c1-2-16-24-22(15-14-17-8-4-3-5-9-17)20(23)13-12-18-10-6-7-11-19(18)21/h3-13H,2,14-16H2,1H3. The number of carbonyl (C=O) groups excluding carboxylic acids is 1. The molecule has 0 aliphatic heterocycles. The Morgan fingerprint density at radius 1 is 1.12 bits per heavy atom. The molecule has 0 saturated carbocycles. The van der Waals surface area contributed by atoms with Crippen molar-refractivity contribution in [2.75, 3.05) is 13.2 Å². The average molecular weight is 344 g/mol. The number of hydrogen-bond donors (Lipinski definition) is 0. The molecule has 0 bridgehead atoms. The Kier molecular flexibility index (Phi) is 7.53. The van der Waals surface area contributed by atoms with E-state index < -0.39 is 0 Å². The van der Waals surface area contributed by atoms with Crippen LogP contribution < -0.4 is 0 Å². The van der Waals surface area contributed by atoms with Gasteiger partial charge in [0, 0.05) is 11.1 Å². The topological polar surface area (TPSA) is 29.5 Å². The van der Waals surface area contributed by atoms with Crippen molar-refractivity contribution in [2.24, 2.45) is 0 Å². The van der Waals surface area contributed by atoms with Crippen LogP contribution in [-0.2, 0) is 16.1 Å². The largest absolute Gasteiger partial charge is 0.271 e. The maximum Gasteiger partial charge on any atom is 0.270 e. The molecule has 0 saturated heterocycles. The van der Waals surface area contributed by atoms with Gasteiger partial charge in [-0.3, -0.25) is 9.63 Å². The fourth-order valence-corrected chi connectivity index (χ4v) is 2.37. The lowest BCUT2D eigenvalue weighted by atomic mass is 10.1. The summed E-state index contributed by atoms with van der Waals surface area (Å²) in [6.07, 6.45) is 4.82. The zero-order valence-corrected chi connectivity index (χ0v) is 14.6. The molecule has 0 radical (unpaired) electrons. The van der Waals surface area contributed by atoms with Crippen LogP contribution in [0.1, 0.15) is 24.5 Å². The van der Waals surface area contributed by atoms with Gasteiger partial charge in [0.1, 0.15) is 0 Å². The highest BCUT2D eigenvalue weighted by molar-refractivity contribution is 6.32. The number of rotatable bonds is 8. The highest BCUT2D eigenvalue weighted by atomic mass is 35.5. The molecule has 0 heterocycles. The lowest BCUT2D eigenvalue weighted by molar-refractivity contribution is -0.180. The number of nitrogens with zero attached hydrogens (tertiary/aromatic N) is 1. The lowest BCUT2D eigenvalue weighted by Gasteiger charge is -2.20. The van der Waals surface area contributed by atoms with Gasteiger partial charge in [0.2, 0.25) is 0 Å². The van der Waals surface area contributed by atoms with Crippen LogP contribution in [0.3, 0.4) is 0 Å². The SMILES string of the molecule is CCCON(CCc1ccccc1)C(=O)C=Cc1ccccc1Cl. The van der Waals surface area contributed by atoms with Crippen molar-refractivity contribution >= 4 is 23.6 Å². The molecule has 0 fully saturated rings. The van der Waals surface area contributed by atoms with Crippen molar-refractivity contribution in [1.29, 1.82) is 0 Å². The van der Waals surface area contributed by atoms with Gasteiger partial charge in [-0.1, -0.05) is 67.1 Å². The van der Waals surface area contributed by atoms with E-state index in [0.29, 0.717) is 18.2 Å². The third kappa shape index (κ3) is 5.84. The van der Waals surface area contributed by atoms with Crippen LogP contribution in [0.2, 0.25) is 5.02 Å². The summed E-state index contributed by atoms with van der Waals surface area (Å²) in [5.41, 5.74) is 1.98. The molecule has 0 atom stereocenters. The number of hydroxylamine groups is 2. The van der Waals surface area contributed by atoms with Crippen molar-refractivity contribution in [2.45, 2.75) is 19.8 Å². The summed E-state index contributed by atoms with van der Waals surface area (Å²) in [6, 6.07) is 17.5. The van der Waals surface area contributed by atoms with E-state index in [1.54, 1.807) is 12.1 Å². The molecule has 0 unspecified atom stereocenters. The third-order valence-electron chi connectivity index (χ3n) is 3.45. The van der Waals surface area contributed by atoms with Gasteiger partial charge in [0.15, 0.2) is 0 Å². The zero-order valence-electron chi connectivity index (χ0n) is 13.8. The van der Waals surface area contributed by atoms with Crippen molar-refractivity contribution in [3.63, 3.8) is 0 Å². The number of carbonyl (C=O) groups is 1. The van der Waals surface area contributed by atoms with Gasteiger partial charge in [0.25, 0.3) is 5.91 Å². The average Bonchev–Trinajstić information content (AvgIpc) is 2.62. The van der Waals surface area contributed by atoms with Gasteiger partial charge in [-0.25, -0.2) is 5.06 Å². The number of halogens is 1. The van der Waals surface area contributed by atoms with Crippen molar-refractivity contribution in [3.05, 3.63) is 76.8 Å². The van der Waals surface area contributed by atoms with Gasteiger partial charge < -0.3 is 0 Å². The normalized spacial score (nSPS) is 10.9. The van der Waals surface area contributed by atoms with Gasteiger partial charge in [0.05, 0.1) is 13.2 Å². The first-order valence-electron chi connectivity index (χ1n) is 8.11. The maximum atomic E-state index is 12.4. The van der Waals surface area contributed by atoms with Crippen molar-refractivity contribution in [1.82, 2.24) is 5.06 Å². The third-order valence-corrected chi connectivity index (χ3v) is 3.80. The summed E-state index contributed by atoms with van der Waals surface area (Å²) in [5.74, 6) is -0.181. The monoisotopic (exact) mass is 343 g/mol. The Hall–Kier alpha value is -2.10. The lowest BCUT2D eigenvalue weighted by Crippen LogP contribution is -2.32. The number of benzene rings is 2. The molecule has 2 rings (SSSR count). The summed E-state index contributed by atoms with van der Waals surface area (Å²) in [6.45, 7) is 3.04. The molecule has 2 aromatic rings. The van der Waals surface area contributed by atoms with E-state index in [-0.39, 0.29) is 5.91 Å². The van der Waals surface area contributed by atoms with E-state index >= 15 is 0 Å². The molecule has 3 nitrogen and oxygen atoms in total. The second-order valence-corrected chi connectivity index (χ2v) is 5.77. The highest BCUT2D eigenvalue weighted by Gasteiger charge is 2.11. The molecule has 1 amide bonds. The van der Waals surface area contributed by atoms with E-state index in [1.807, 2.05) is 55.5 Å². The number of hydrogen-bond acceptors (Lipinski definition) is 2. The molecule has 24 heavy (non-hydrogen) atoms. The van der Waals surface area contributed by atoms with Crippen LogP contribution in [0.4, 0.5) is 0 Å². The fourth-order valence-electron chi connectivity index (χ4n) is 2.17. The highest BCUT2D eigenvalue weighted by Crippen LogP contribution is 2.16. The fraction of sp³-hybridized carbons (Fsp3) is 0.250. The first-order chi connectivity index (χ1) is 11.7. The van der Waals surface area contributed by atoms with Crippen molar-refractivity contribution in [3.8, 4) is 0 Å². The molecule has 0 spiro atoms. The molecule has 0 aliphatic rings. The summed E-state index contributed by atoms with van der Waals surface area (Å²) in [5, 5.41) is 2.04. The molecule has 0 N–H and O–H groups in total. The Morgan fingerprint density at radius 3 is 2.54 bits per heavy atom. The minimum Gasteiger partial charge on any atom is -0.271 e. The molecular weight excluding hydrogens is 322 g/mol. The minimum atomic E-state index is -0.181. The maximum absolute atomic E-state index is 12.4. The Balaban J connectivity index is 2.00. The van der Waals surface area contributed by atoms with Gasteiger partial charge in [-0.15, -0.1) is 0 Å². The minimum absolute atomic E-state index is 0.181. The zero-order chi connectivity index (χ0) is 17.2. The Bertz CT molecular complexity index is 670. The molecule has 2 aromatic carbocycles. The molecule has 126 valence electrons. The van der Waals surface area contributed by atoms with E-state index in [2.05, 4.69) is 0 Å². The quantitative estimate of drug-likeness (QED) is 0.510. The second kappa shape index (κ2) is 9.91. The summed E-state index contributed by atoms with van der Waals surface area (Å²) >= 11 is 6.10. The van der Waals surface area contributed by atoms with Gasteiger partial charge in [-0.2, -0.15) is 0 Å². The second-order valence-electron chi connectivity index (χ2n) is 5.36. The van der Waals surface area contributed by atoms with E-state index in [1.165, 1.54) is 16.7 Å². The van der Waals surface area contributed by atoms with Crippen LogP contribution in [0, 0.1) is 0 Å². The molecular formula is C20H22ClNO2. The van der Waals surface area contributed by atoms with Crippen LogP contribution >= 0.6 is 11.6 Å². The number of amides is 1. The predicted octanol–water partition coefficient (Wildman–Crippen LogP) is 4.77. The van der Waals surface area contributed by atoms with Gasteiger partial charge >= 0.3 is 0 Å². The van der Waals surface area contributed by atoms with Gasteiger partial charge in [-0.05, 0) is 36.1 Å². The van der Waals surface area contributed by atoms with Crippen LogP contribution in [0.15, 0.2) is 60.7 Å². The van der Waals surface area contributed by atoms with Crippen LogP contribution in [-0.4, -0.2) is 24.1 Å². The first kappa shape index (κ1) is 18.2. The molecule has 4 heteroatoms. The van der Waals surface area contributed by atoms with E-state index in [0.717, 1.165) is 18.4 Å². The summed E-state index contributed by atoms with van der Waals surface area (Å²) in [4.78, 5) is 18.0. The van der Waals surface area contributed by atoms with Crippen molar-refractivity contribution < 1.29 is 9.63 Å². The first-order valence-corrected chi connectivity index (χ1v) is 8.49. The smallest absolute Gasteiger partial charge is 0.270 e. The predicted molar refractivity (Wildman–Crippen MR) is 98.6 cm³/mol. The van der Waals surface area contributed by atoms with E-state index in [9.17, 15) is 4.79 Å². The Labute approximate surface area is 148 Å². The summed E-state index contributed by atoms with van der Waals surface area (Å²) in [7, 11) is 0. The molecule has 0 aromatic heterocycles. The summed E-state index contributed by atoms with van der Waals surface area (Å²) < 4.78 is 0. The van der Waals surface area contributed by atoms with Crippen LogP contribution in [0.5, 0.6) is 0 Å². The molecule has 0 aliphatic carbocycles.